The van der Waals surface area contributed by atoms with Crippen LogP contribution in [0.15, 0.2) is 52.9 Å². The second kappa shape index (κ2) is 7.35. The summed E-state index contributed by atoms with van der Waals surface area (Å²) in [6.07, 6.45) is 3.29. The molecular formula is C24H16N2O6. The largest absolute Gasteiger partial charge is 0.497 e. The molecule has 5 rings (SSSR count). The van der Waals surface area contributed by atoms with Gasteiger partial charge in [0.1, 0.15) is 22.2 Å². The van der Waals surface area contributed by atoms with Gasteiger partial charge in [-0.1, -0.05) is 0 Å². The molecule has 2 heterocycles. The van der Waals surface area contributed by atoms with Crippen molar-refractivity contribution in [3.8, 4) is 22.6 Å². The Kier molecular flexibility index (Phi) is 4.48. The standard InChI is InChI=1S/C24H16N2O6/c1-30-14-3-7-16-17(11-14)24(27)23-18-12-15(31-2)5-8-19(18)25-20(22(16)23)9-4-13-6-10-21(32-13)26(28)29/h3-12H,1-2H3/b9-4+. The number of rotatable bonds is 5. The molecule has 0 atom stereocenters. The molecule has 158 valence electrons. The van der Waals surface area contributed by atoms with Crippen molar-refractivity contribution >= 4 is 34.7 Å². The number of carbonyl (C=O) groups excluding carboxylic acids is 1. The third-order valence-corrected chi connectivity index (χ3v) is 5.39. The van der Waals surface area contributed by atoms with Gasteiger partial charge in [-0.05, 0) is 60.2 Å². The summed E-state index contributed by atoms with van der Waals surface area (Å²) in [5, 5.41) is 11.6. The van der Waals surface area contributed by atoms with Crippen LogP contribution in [0.5, 0.6) is 11.5 Å². The molecule has 0 N–H and O–H groups in total. The zero-order valence-corrected chi connectivity index (χ0v) is 17.1. The molecule has 0 saturated heterocycles. The van der Waals surface area contributed by atoms with Gasteiger partial charge in [0.25, 0.3) is 0 Å². The normalized spacial score (nSPS) is 12.2. The molecule has 8 nitrogen and oxygen atoms in total. The predicted molar refractivity (Wildman–Crippen MR) is 118 cm³/mol. The molecule has 0 fully saturated rings. The van der Waals surface area contributed by atoms with E-state index in [0.717, 1.165) is 5.56 Å². The van der Waals surface area contributed by atoms with Crippen LogP contribution in [-0.4, -0.2) is 29.9 Å². The first kappa shape index (κ1) is 19.5. The Bertz CT molecular complexity index is 1450. The molecule has 0 bridgehead atoms. The molecule has 0 spiro atoms. The first-order valence-corrected chi connectivity index (χ1v) is 9.67. The first-order valence-electron chi connectivity index (χ1n) is 9.67. The van der Waals surface area contributed by atoms with Gasteiger partial charge in [0.05, 0.1) is 31.5 Å². The van der Waals surface area contributed by atoms with Gasteiger partial charge in [-0.2, -0.15) is 0 Å². The second-order valence-electron chi connectivity index (χ2n) is 7.14. The van der Waals surface area contributed by atoms with Gasteiger partial charge in [-0.15, -0.1) is 0 Å². The van der Waals surface area contributed by atoms with Gasteiger partial charge >= 0.3 is 5.88 Å². The number of nitrogens with zero attached hydrogens (tertiary/aromatic N) is 2. The highest BCUT2D eigenvalue weighted by Crippen LogP contribution is 2.44. The van der Waals surface area contributed by atoms with Crippen molar-refractivity contribution in [2.24, 2.45) is 0 Å². The Morgan fingerprint density at radius 1 is 0.938 bits per heavy atom. The fourth-order valence-corrected chi connectivity index (χ4v) is 3.90. The molecule has 8 heteroatoms. The number of ketones is 1. The first-order chi connectivity index (χ1) is 15.5. The van der Waals surface area contributed by atoms with E-state index in [1.807, 2.05) is 6.07 Å². The number of hydrogen-bond donors (Lipinski definition) is 0. The van der Waals surface area contributed by atoms with Gasteiger partial charge in [-0.25, -0.2) is 4.98 Å². The predicted octanol–water partition coefficient (Wildman–Crippen LogP) is 5.14. The van der Waals surface area contributed by atoms with Crippen molar-refractivity contribution < 1.29 is 23.6 Å². The van der Waals surface area contributed by atoms with Gasteiger partial charge in [-0.3, -0.25) is 14.9 Å². The number of pyridine rings is 1. The van der Waals surface area contributed by atoms with E-state index in [1.54, 1.807) is 56.7 Å². The molecule has 0 aliphatic heterocycles. The number of hydrogen-bond acceptors (Lipinski definition) is 7. The van der Waals surface area contributed by atoms with Crippen molar-refractivity contribution in [3.05, 3.63) is 81.2 Å². The monoisotopic (exact) mass is 428 g/mol. The summed E-state index contributed by atoms with van der Waals surface area (Å²) in [6.45, 7) is 0. The van der Waals surface area contributed by atoms with E-state index in [2.05, 4.69) is 0 Å². The summed E-state index contributed by atoms with van der Waals surface area (Å²) in [5.74, 6) is 1.04. The Balaban J connectivity index is 1.74. The number of aromatic nitrogens is 1. The van der Waals surface area contributed by atoms with E-state index < -0.39 is 4.92 Å². The number of benzene rings is 2. The molecule has 32 heavy (non-hydrogen) atoms. The van der Waals surface area contributed by atoms with Crippen molar-refractivity contribution in [1.29, 1.82) is 0 Å². The summed E-state index contributed by atoms with van der Waals surface area (Å²) in [5.41, 5.74) is 3.66. The lowest BCUT2D eigenvalue weighted by atomic mass is 9.99. The lowest BCUT2D eigenvalue weighted by Gasteiger charge is -2.10. The number of methoxy groups -OCH3 is 2. The number of nitro groups is 1. The summed E-state index contributed by atoms with van der Waals surface area (Å²) >= 11 is 0. The van der Waals surface area contributed by atoms with Crippen LogP contribution in [0.3, 0.4) is 0 Å². The van der Waals surface area contributed by atoms with E-state index in [-0.39, 0.29) is 11.7 Å². The maximum absolute atomic E-state index is 13.4. The summed E-state index contributed by atoms with van der Waals surface area (Å²) < 4.78 is 15.9. The maximum atomic E-state index is 13.4. The fourth-order valence-electron chi connectivity index (χ4n) is 3.90. The van der Waals surface area contributed by atoms with Gasteiger partial charge in [0, 0.05) is 22.1 Å². The molecule has 0 amide bonds. The highest BCUT2D eigenvalue weighted by Gasteiger charge is 2.32. The topological polar surface area (TPSA) is 105 Å². The average molecular weight is 428 g/mol. The van der Waals surface area contributed by atoms with Crippen LogP contribution in [0.4, 0.5) is 5.88 Å². The Morgan fingerprint density at radius 3 is 2.41 bits per heavy atom. The summed E-state index contributed by atoms with van der Waals surface area (Å²) in [4.78, 5) is 28.5. The molecule has 0 saturated carbocycles. The van der Waals surface area contributed by atoms with Crippen molar-refractivity contribution in [2.45, 2.75) is 0 Å². The molecule has 0 unspecified atom stereocenters. The van der Waals surface area contributed by atoms with Crippen LogP contribution in [-0.2, 0) is 0 Å². The van der Waals surface area contributed by atoms with Crippen LogP contribution in [0.1, 0.15) is 27.4 Å². The van der Waals surface area contributed by atoms with Crippen LogP contribution in [0.25, 0.3) is 34.2 Å². The lowest BCUT2D eigenvalue weighted by Crippen LogP contribution is -1.99. The quantitative estimate of drug-likeness (QED) is 0.282. The smallest absolute Gasteiger partial charge is 0.433 e. The van der Waals surface area contributed by atoms with Gasteiger partial charge < -0.3 is 13.9 Å². The lowest BCUT2D eigenvalue weighted by molar-refractivity contribution is -0.402. The van der Waals surface area contributed by atoms with Crippen molar-refractivity contribution in [1.82, 2.24) is 4.98 Å². The number of ether oxygens (including phenoxy) is 2. The zero-order chi connectivity index (χ0) is 22.4. The Morgan fingerprint density at radius 2 is 1.69 bits per heavy atom. The minimum atomic E-state index is -0.598. The molecule has 2 aromatic carbocycles. The maximum Gasteiger partial charge on any atom is 0.433 e. The number of furan rings is 1. The van der Waals surface area contributed by atoms with Crippen LogP contribution >= 0.6 is 0 Å². The summed E-state index contributed by atoms with van der Waals surface area (Å²) in [7, 11) is 3.11. The second-order valence-corrected chi connectivity index (χ2v) is 7.14. The van der Waals surface area contributed by atoms with E-state index >= 15 is 0 Å². The number of fused-ring (bicyclic) bond motifs is 5. The molecular weight excluding hydrogens is 412 g/mol. The molecule has 4 aromatic rings. The van der Waals surface area contributed by atoms with Crippen molar-refractivity contribution in [3.63, 3.8) is 0 Å². The Labute approximate surface area is 181 Å². The fraction of sp³-hybridized carbons (Fsp3) is 0.0833. The minimum Gasteiger partial charge on any atom is -0.497 e. The van der Waals surface area contributed by atoms with Gasteiger partial charge in [0.2, 0.25) is 0 Å². The van der Waals surface area contributed by atoms with Crippen LogP contribution in [0, 0.1) is 10.1 Å². The molecule has 1 aliphatic rings. The highest BCUT2D eigenvalue weighted by atomic mass is 16.6. The van der Waals surface area contributed by atoms with E-state index in [0.29, 0.717) is 50.5 Å². The van der Waals surface area contributed by atoms with E-state index in [1.165, 1.54) is 12.1 Å². The minimum absolute atomic E-state index is 0.127. The third kappa shape index (κ3) is 3.01. The van der Waals surface area contributed by atoms with E-state index in [4.69, 9.17) is 18.9 Å². The van der Waals surface area contributed by atoms with Crippen LogP contribution in [0.2, 0.25) is 0 Å². The molecule has 0 radical (unpaired) electrons. The Hall–Kier alpha value is -4.46. The van der Waals surface area contributed by atoms with E-state index in [9.17, 15) is 14.9 Å². The molecule has 2 aromatic heterocycles. The average Bonchev–Trinajstić information content (AvgIpc) is 3.40. The third-order valence-electron chi connectivity index (χ3n) is 5.39. The van der Waals surface area contributed by atoms with Crippen molar-refractivity contribution in [2.75, 3.05) is 14.2 Å². The summed E-state index contributed by atoms with van der Waals surface area (Å²) in [6, 6.07) is 13.5. The number of carbonyl (C=O) groups is 1. The van der Waals surface area contributed by atoms with Gasteiger partial charge in [0.15, 0.2) is 5.78 Å². The van der Waals surface area contributed by atoms with Crippen LogP contribution < -0.4 is 9.47 Å². The highest BCUT2D eigenvalue weighted by molar-refractivity contribution is 6.28. The molecule has 1 aliphatic carbocycles. The zero-order valence-electron chi connectivity index (χ0n) is 17.1. The SMILES string of the molecule is COc1ccc2c(c1)C(=O)c1c-2c(/C=C/c2ccc([N+](=O)[O-])o2)nc2ccc(OC)cc12.